The third-order valence-electron chi connectivity index (χ3n) is 3.93. The van der Waals surface area contributed by atoms with Gasteiger partial charge in [-0.25, -0.2) is 4.79 Å². The first-order chi connectivity index (χ1) is 10.1. The number of carbonyl (C=O) groups is 2. The molecule has 2 rings (SSSR count). The average Bonchev–Trinajstić information content (AvgIpc) is 2.55. The quantitative estimate of drug-likeness (QED) is 0.931. The van der Waals surface area contributed by atoms with Crippen molar-refractivity contribution in [3.05, 3.63) is 29.8 Å². The molecule has 1 aromatic carbocycles. The Bertz CT molecular complexity index is 491. The highest BCUT2D eigenvalue weighted by Gasteiger charge is 2.27. The van der Waals surface area contributed by atoms with Gasteiger partial charge in [0, 0.05) is 24.7 Å². The summed E-state index contributed by atoms with van der Waals surface area (Å²) in [6.45, 7) is 3.24. The molecule has 1 aliphatic rings. The molecule has 1 heterocycles. The highest BCUT2D eigenvalue weighted by atomic mass is 16.5. The summed E-state index contributed by atoms with van der Waals surface area (Å²) in [6.07, 6.45) is 2.02. The molecule has 0 bridgehead atoms. The second-order valence-electron chi connectivity index (χ2n) is 5.27. The predicted molar refractivity (Wildman–Crippen MR) is 81.2 cm³/mol. The molecule has 5 heteroatoms. The van der Waals surface area contributed by atoms with Crippen LogP contribution >= 0.6 is 0 Å². The minimum absolute atomic E-state index is 0.0313. The summed E-state index contributed by atoms with van der Waals surface area (Å²) in [5.41, 5.74) is 2.08. The van der Waals surface area contributed by atoms with E-state index in [0.717, 1.165) is 12.1 Å². The Morgan fingerprint density at radius 2 is 1.86 bits per heavy atom. The largest absolute Gasteiger partial charge is 0.453 e. The van der Waals surface area contributed by atoms with E-state index < -0.39 is 0 Å². The number of rotatable bonds is 3. The number of aryl methyl sites for hydroxylation is 1. The first-order valence-corrected chi connectivity index (χ1v) is 7.36. The SMILES string of the molecule is CCc1ccc(NC(=O)C2CCN(C(=O)OC)CC2)cc1. The van der Waals surface area contributed by atoms with Crippen LogP contribution in [0.3, 0.4) is 0 Å². The van der Waals surface area contributed by atoms with Crippen molar-refractivity contribution in [1.82, 2.24) is 4.90 Å². The number of likely N-dealkylation sites (tertiary alicyclic amines) is 1. The molecule has 0 spiro atoms. The Kier molecular flexibility index (Phi) is 5.20. The van der Waals surface area contributed by atoms with E-state index in [0.29, 0.717) is 25.9 Å². The zero-order chi connectivity index (χ0) is 15.2. The van der Waals surface area contributed by atoms with Crippen LogP contribution in [0, 0.1) is 5.92 Å². The lowest BCUT2D eigenvalue weighted by Crippen LogP contribution is -2.41. The minimum atomic E-state index is -0.316. The number of carbonyl (C=O) groups excluding carboxylic acids is 2. The van der Waals surface area contributed by atoms with Gasteiger partial charge in [-0.3, -0.25) is 4.79 Å². The van der Waals surface area contributed by atoms with Crippen LogP contribution in [0.1, 0.15) is 25.3 Å². The Labute approximate surface area is 125 Å². The van der Waals surface area contributed by atoms with Gasteiger partial charge in [0.25, 0.3) is 0 Å². The maximum absolute atomic E-state index is 12.2. The summed E-state index contributed by atoms with van der Waals surface area (Å²) in [7, 11) is 1.38. The molecular formula is C16H22N2O3. The smallest absolute Gasteiger partial charge is 0.409 e. The lowest BCUT2D eigenvalue weighted by Gasteiger charge is -2.30. The monoisotopic (exact) mass is 290 g/mol. The van der Waals surface area contributed by atoms with E-state index in [-0.39, 0.29) is 17.9 Å². The van der Waals surface area contributed by atoms with E-state index in [1.807, 2.05) is 24.3 Å². The van der Waals surface area contributed by atoms with E-state index in [1.54, 1.807) is 4.90 Å². The highest BCUT2D eigenvalue weighted by Crippen LogP contribution is 2.20. The number of hydrogen-bond acceptors (Lipinski definition) is 3. The molecule has 0 unspecified atom stereocenters. The van der Waals surface area contributed by atoms with E-state index in [9.17, 15) is 9.59 Å². The molecule has 1 N–H and O–H groups in total. The highest BCUT2D eigenvalue weighted by molar-refractivity contribution is 5.92. The minimum Gasteiger partial charge on any atom is -0.453 e. The average molecular weight is 290 g/mol. The van der Waals surface area contributed by atoms with Crippen molar-refractivity contribution in [2.75, 3.05) is 25.5 Å². The maximum Gasteiger partial charge on any atom is 0.409 e. The number of amides is 2. The topological polar surface area (TPSA) is 58.6 Å². The Hall–Kier alpha value is -2.04. The van der Waals surface area contributed by atoms with Crippen LogP contribution in [0.2, 0.25) is 0 Å². The summed E-state index contributed by atoms with van der Waals surface area (Å²) >= 11 is 0. The Morgan fingerprint density at radius 3 is 2.38 bits per heavy atom. The summed E-state index contributed by atoms with van der Waals surface area (Å²) < 4.78 is 4.69. The van der Waals surface area contributed by atoms with Gasteiger partial charge in [0.15, 0.2) is 0 Å². The fourth-order valence-corrected chi connectivity index (χ4v) is 2.52. The van der Waals surface area contributed by atoms with Crippen molar-refractivity contribution in [3.8, 4) is 0 Å². The number of nitrogens with zero attached hydrogens (tertiary/aromatic N) is 1. The summed E-state index contributed by atoms with van der Waals surface area (Å²) in [6, 6.07) is 7.91. The van der Waals surface area contributed by atoms with Crippen LogP contribution in [0.15, 0.2) is 24.3 Å². The van der Waals surface area contributed by atoms with Crippen molar-refractivity contribution in [2.24, 2.45) is 5.92 Å². The number of benzene rings is 1. The molecule has 0 aliphatic carbocycles. The lowest BCUT2D eigenvalue weighted by atomic mass is 9.96. The number of hydrogen-bond donors (Lipinski definition) is 1. The third kappa shape index (κ3) is 3.97. The van der Waals surface area contributed by atoms with Crippen molar-refractivity contribution in [1.29, 1.82) is 0 Å². The van der Waals surface area contributed by atoms with Crippen LogP contribution in [0.25, 0.3) is 0 Å². The Balaban J connectivity index is 1.85. The molecule has 1 saturated heterocycles. The van der Waals surface area contributed by atoms with Crippen molar-refractivity contribution < 1.29 is 14.3 Å². The van der Waals surface area contributed by atoms with E-state index in [4.69, 9.17) is 0 Å². The molecule has 5 nitrogen and oxygen atoms in total. The lowest BCUT2D eigenvalue weighted by molar-refractivity contribution is -0.121. The van der Waals surface area contributed by atoms with Gasteiger partial charge >= 0.3 is 6.09 Å². The summed E-state index contributed by atoms with van der Waals surface area (Å²) in [5, 5.41) is 2.95. The number of nitrogens with one attached hydrogen (secondary N) is 1. The van der Waals surface area contributed by atoms with Gasteiger partial charge in [0.05, 0.1) is 7.11 Å². The Morgan fingerprint density at radius 1 is 1.24 bits per heavy atom. The molecule has 0 atom stereocenters. The number of methoxy groups -OCH3 is 1. The molecule has 0 aromatic heterocycles. The molecule has 21 heavy (non-hydrogen) atoms. The van der Waals surface area contributed by atoms with Gasteiger partial charge in [-0.15, -0.1) is 0 Å². The predicted octanol–water partition coefficient (Wildman–Crippen LogP) is 2.67. The fourth-order valence-electron chi connectivity index (χ4n) is 2.52. The zero-order valence-electron chi connectivity index (χ0n) is 12.6. The number of piperidine rings is 1. The molecular weight excluding hydrogens is 268 g/mol. The first-order valence-electron chi connectivity index (χ1n) is 7.36. The summed E-state index contributed by atoms with van der Waals surface area (Å²) in [4.78, 5) is 25.3. The second-order valence-corrected chi connectivity index (χ2v) is 5.27. The standard InChI is InChI=1S/C16H22N2O3/c1-3-12-4-6-14(7-5-12)17-15(19)13-8-10-18(11-9-13)16(20)21-2/h4-7,13H,3,8-11H2,1-2H3,(H,17,19). The van der Waals surface area contributed by atoms with E-state index >= 15 is 0 Å². The van der Waals surface area contributed by atoms with Gasteiger partial charge in [-0.05, 0) is 37.0 Å². The van der Waals surface area contributed by atoms with Gasteiger partial charge in [0.2, 0.25) is 5.91 Å². The molecule has 2 amide bonds. The molecule has 1 fully saturated rings. The second kappa shape index (κ2) is 7.11. The molecule has 0 saturated carbocycles. The molecule has 114 valence electrons. The van der Waals surface area contributed by atoms with Crippen LogP contribution in [0.5, 0.6) is 0 Å². The number of anilines is 1. The fraction of sp³-hybridized carbons (Fsp3) is 0.500. The van der Waals surface area contributed by atoms with E-state index in [1.165, 1.54) is 12.7 Å². The van der Waals surface area contributed by atoms with E-state index in [2.05, 4.69) is 17.0 Å². The molecule has 0 radical (unpaired) electrons. The van der Waals surface area contributed by atoms with Crippen LogP contribution in [-0.2, 0) is 16.0 Å². The third-order valence-corrected chi connectivity index (χ3v) is 3.93. The van der Waals surface area contributed by atoms with Crippen LogP contribution < -0.4 is 5.32 Å². The van der Waals surface area contributed by atoms with Gasteiger partial charge in [-0.2, -0.15) is 0 Å². The first kappa shape index (κ1) is 15.4. The molecule has 1 aliphatic heterocycles. The van der Waals surface area contributed by atoms with Gasteiger partial charge in [-0.1, -0.05) is 19.1 Å². The normalized spacial score (nSPS) is 15.6. The molecule has 1 aromatic rings. The van der Waals surface area contributed by atoms with Crippen molar-refractivity contribution >= 4 is 17.7 Å². The van der Waals surface area contributed by atoms with Gasteiger partial charge < -0.3 is 15.0 Å². The number of ether oxygens (including phenoxy) is 1. The maximum atomic E-state index is 12.2. The van der Waals surface area contributed by atoms with Crippen molar-refractivity contribution in [3.63, 3.8) is 0 Å². The van der Waals surface area contributed by atoms with Crippen molar-refractivity contribution in [2.45, 2.75) is 26.2 Å². The van der Waals surface area contributed by atoms with Crippen LogP contribution in [-0.4, -0.2) is 37.1 Å². The van der Waals surface area contributed by atoms with Gasteiger partial charge in [0.1, 0.15) is 0 Å². The zero-order valence-corrected chi connectivity index (χ0v) is 12.6. The van der Waals surface area contributed by atoms with Crippen LogP contribution in [0.4, 0.5) is 10.5 Å². The summed E-state index contributed by atoms with van der Waals surface area (Å²) in [5.74, 6) is -0.0134.